The van der Waals surface area contributed by atoms with Gasteiger partial charge in [0.25, 0.3) is 0 Å². The van der Waals surface area contributed by atoms with Crippen molar-refractivity contribution in [3.63, 3.8) is 0 Å². The number of nitrogens with one attached hydrogen (secondary N) is 1. The molecule has 20 heavy (non-hydrogen) atoms. The molecule has 2 rings (SSSR count). The van der Waals surface area contributed by atoms with Gasteiger partial charge in [-0.3, -0.25) is 0 Å². The molecule has 1 nitrogen and oxygen atoms in total. The van der Waals surface area contributed by atoms with Crippen LogP contribution in [0.1, 0.15) is 22.3 Å². The molecule has 0 spiro atoms. The zero-order valence-electron chi connectivity index (χ0n) is 12.4. The zero-order chi connectivity index (χ0) is 14.5. The Morgan fingerprint density at radius 3 is 2.10 bits per heavy atom. The van der Waals surface area contributed by atoms with Crippen molar-refractivity contribution >= 4 is 15.9 Å². The number of hydrogen-bond acceptors (Lipinski definition) is 1. The van der Waals surface area contributed by atoms with Crippen LogP contribution in [0.15, 0.2) is 46.9 Å². The monoisotopic (exact) mass is 331 g/mol. The Morgan fingerprint density at radius 2 is 1.55 bits per heavy atom. The van der Waals surface area contributed by atoms with Gasteiger partial charge in [-0.2, -0.15) is 0 Å². The molecule has 0 saturated carbocycles. The third kappa shape index (κ3) is 3.94. The number of likely N-dealkylation sites (N-methyl/N-ethyl adjacent to an activating group) is 1. The summed E-state index contributed by atoms with van der Waals surface area (Å²) in [5.41, 5.74) is 5.63. The fourth-order valence-electron chi connectivity index (χ4n) is 2.60. The van der Waals surface area contributed by atoms with Gasteiger partial charge in [0.15, 0.2) is 0 Å². The second-order valence-corrected chi connectivity index (χ2v) is 6.31. The molecule has 0 aliphatic heterocycles. The topological polar surface area (TPSA) is 12.0 Å². The summed E-state index contributed by atoms with van der Waals surface area (Å²) in [5.74, 6) is 0. The van der Waals surface area contributed by atoms with Gasteiger partial charge >= 0.3 is 0 Å². The molecule has 0 amide bonds. The highest BCUT2D eigenvalue weighted by molar-refractivity contribution is 9.10. The van der Waals surface area contributed by atoms with Crippen molar-refractivity contribution < 1.29 is 0 Å². The van der Waals surface area contributed by atoms with Gasteiger partial charge in [0.05, 0.1) is 0 Å². The Kier molecular flexibility index (Phi) is 5.38. The van der Waals surface area contributed by atoms with Crippen LogP contribution < -0.4 is 5.32 Å². The summed E-state index contributed by atoms with van der Waals surface area (Å²) in [7, 11) is 2.05. The minimum Gasteiger partial charge on any atom is -0.316 e. The lowest BCUT2D eigenvalue weighted by atomic mass is 9.93. The molecule has 2 heteroatoms. The second kappa shape index (κ2) is 7.05. The summed E-state index contributed by atoms with van der Waals surface area (Å²) in [6.45, 7) is 4.41. The van der Waals surface area contributed by atoms with Crippen LogP contribution in [0.3, 0.4) is 0 Å². The van der Waals surface area contributed by atoms with E-state index in [1.54, 1.807) is 0 Å². The Bertz CT molecular complexity index is 540. The van der Waals surface area contributed by atoms with Crippen molar-refractivity contribution in [2.45, 2.75) is 32.7 Å². The maximum absolute atomic E-state index is 3.49. The number of rotatable bonds is 5. The second-order valence-electron chi connectivity index (χ2n) is 5.39. The van der Waals surface area contributed by atoms with Gasteiger partial charge in [-0.15, -0.1) is 0 Å². The highest BCUT2D eigenvalue weighted by Crippen LogP contribution is 2.18. The summed E-state index contributed by atoms with van der Waals surface area (Å²) in [6, 6.07) is 15.6. The summed E-state index contributed by atoms with van der Waals surface area (Å²) < 4.78 is 1.14. The standard InChI is InChI=1S/C18H22BrN/c1-13-5-4-6-14(2)18(13)12-17(20-3)11-15-7-9-16(19)10-8-15/h4-10,17,20H,11-12H2,1-3H3. The predicted molar refractivity (Wildman–Crippen MR) is 90.3 cm³/mol. The van der Waals surface area contributed by atoms with Crippen molar-refractivity contribution in [1.82, 2.24) is 5.32 Å². The van der Waals surface area contributed by atoms with Crippen LogP contribution in [0.25, 0.3) is 0 Å². The molecule has 1 N–H and O–H groups in total. The molecule has 106 valence electrons. The first kappa shape index (κ1) is 15.3. The van der Waals surface area contributed by atoms with Crippen molar-refractivity contribution in [1.29, 1.82) is 0 Å². The van der Waals surface area contributed by atoms with Crippen molar-refractivity contribution in [2.24, 2.45) is 0 Å². The minimum absolute atomic E-state index is 0.468. The summed E-state index contributed by atoms with van der Waals surface area (Å²) in [6.07, 6.45) is 2.13. The van der Waals surface area contributed by atoms with E-state index in [2.05, 4.69) is 84.6 Å². The first-order valence-electron chi connectivity index (χ1n) is 7.07. The quantitative estimate of drug-likeness (QED) is 0.854. The van der Waals surface area contributed by atoms with Gasteiger partial charge in [-0.25, -0.2) is 0 Å². The van der Waals surface area contributed by atoms with Crippen molar-refractivity contribution in [3.05, 3.63) is 69.2 Å². The zero-order valence-corrected chi connectivity index (χ0v) is 14.0. The van der Waals surface area contributed by atoms with Crippen molar-refractivity contribution in [2.75, 3.05) is 7.05 Å². The Balaban J connectivity index is 2.11. The Morgan fingerprint density at radius 1 is 0.950 bits per heavy atom. The van der Waals surface area contributed by atoms with E-state index in [4.69, 9.17) is 0 Å². The SMILES string of the molecule is CNC(Cc1ccc(Br)cc1)Cc1c(C)cccc1C. The summed E-state index contributed by atoms with van der Waals surface area (Å²) in [5, 5.41) is 3.46. The molecule has 2 aromatic carbocycles. The molecule has 0 fully saturated rings. The van der Waals surface area contributed by atoms with E-state index in [1.807, 2.05) is 0 Å². The molecule has 1 unspecified atom stereocenters. The third-order valence-corrected chi connectivity index (χ3v) is 4.43. The maximum Gasteiger partial charge on any atom is 0.0175 e. The molecule has 0 aliphatic rings. The van der Waals surface area contributed by atoms with Gasteiger partial charge in [0, 0.05) is 10.5 Å². The first-order valence-corrected chi connectivity index (χ1v) is 7.86. The molecular formula is C18H22BrN. The average molecular weight is 332 g/mol. The molecule has 2 aromatic rings. The molecular weight excluding hydrogens is 310 g/mol. The van der Waals surface area contributed by atoms with E-state index >= 15 is 0 Å². The normalized spacial score (nSPS) is 12.4. The van der Waals surface area contributed by atoms with Gasteiger partial charge in [-0.1, -0.05) is 46.3 Å². The molecule has 0 heterocycles. The summed E-state index contributed by atoms with van der Waals surface area (Å²) in [4.78, 5) is 0. The first-order chi connectivity index (χ1) is 9.60. The van der Waals surface area contributed by atoms with Crippen LogP contribution in [0.4, 0.5) is 0 Å². The number of hydrogen-bond donors (Lipinski definition) is 1. The average Bonchev–Trinajstić information content (AvgIpc) is 2.44. The lowest BCUT2D eigenvalue weighted by molar-refractivity contribution is 0.554. The molecule has 0 aromatic heterocycles. The third-order valence-electron chi connectivity index (χ3n) is 3.90. The van der Waals surface area contributed by atoms with Gasteiger partial charge in [-0.05, 0) is 68.1 Å². The molecule has 0 aliphatic carbocycles. The number of benzene rings is 2. The maximum atomic E-state index is 3.49. The van der Waals surface area contributed by atoms with Crippen LogP contribution in [0.2, 0.25) is 0 Å². The van der Waals surface area contributed by atoms with Crippen molar-refractivity contribution in [3.8, 4) is 0 Å². The van der Waals surface area contributed by atoms with Crippen LogP contribution in [-0.2, 0) is 12.8 Å². The van der Waals surface area contributed by atoms with Gasteiger partial charge < -0.3 is 5.32 Å². The Hall–Kier alpha value is -1.12. The van der Waals surface area contributed by atoms with E-state index < -0.39 is 0 Å². The lowest BCUT2D eigenvalue weighted by Crippen LogP contribution is -2.30. The fraction of sp³-hybridized carbons (Fsp3) is 0.333. The number of aryl methyl sites for hydroxylation is 2. The molecule has 0 bridgehead atoms. The molecule has 1 atom stereocenters. The predicted octanol–water partition coefficient (Wildman–Crippen LogP) is 4.44. The highest BCUT2D eigenvalue weighted by Gasteiger charge is 2.11. The van der Waals surface area contributed by atoms with E-state index in [-0.39, 0.29) is 0 Å². The van der Waals surface area contributed by atoms with Crippen LogP contribution >= 0.6 is 15.9 Å². The largest absolute Gasteiger partial charge is 0.316 e. The smallest absolute Gasteiger partial charge is 0.0175 e. The Labute approximate surface area is 130 Å². The van der Waals surface area contributed by atoms with E-state index in [1.165, 1.54) is 22.3 Å². The van der Waals surface area contributed by atoms with E-state index in [0.717, 1.165) is 17.3 Å². The van der Waals surface area contributed by atoms with Crippen LogP contribution in [-0.4, -0.2) is 13.1 Å². The lowest BCUT2D eigenvalue weighted by Gasteiger charge is -2.19. The van der Waals surface area contributed by atoms with Crippen LogP contribution in [0, 0.1) is 13.8 Å². The minimum atomic E-state index is 0.468. The molecule has 0 saturated heterocycles. The highest BCUT2D eigenvalue weighted by atomic mass is 79.9. The number of halogens is 1. The van der Waals surface area contributed by atoms with Gasteiger partial charge in [0.2, 0.25) is 0 Å². The van der Waals surface area contributed by atoms with Crippen LogP contribution in [0.5, 0.6) is 0 Å². The molecule has 0 radical (unpaired) electrons. The van der Waals surface area contributed by atoms with E-state index in [9.17, 15) is 0 Å². The summed E-state index contributed by atoms with van der Waals surface area (Å²) >= 11 is 3.49. The van der Waals surface area contributed by atoms with Gasteiger partial charge in [0.1, 0.15) is 0 Å². The van der Waals surface area contributed by atoms with E-state index in [0.29, 0.717) is 6.04 Å². The fourth-order valence-corrected chi connectivity index (χ4v) is 2.86.